The number of halogens is 1. The highest BCUT2D eigenvalue weighted by molar-refractivity contribution is 7.92. The van der Waals surface area contributed by atoms with E-state index in [4.69, 9.17) is 4.74 Å². The van der Waals surface area contributed by atoms with Crippen LogP contribution in [0.4, 0.5) is 10.1 Å². The average molecular weight is 535 g/mol. The third-order valence-electron chi connectivity index (χ3n) is 6.22. The van der Waals surface area contributed by atoms with Crippen LogP contribution < -0.4 is 14.4 Å². The lowest BCUT2D eigenvalue weighted by Crippen LogP contribution is -2.42. The predicted molar refractivity (Wildman–Crippen MR) is 148 cm³/mol. The lowest BCUT2D eigenvalue weighted by molar-refractivity contribution is -0.119. The predicted octanol–water partition coefficient (Wildman–Crippen LogP) is 5.57. The van der Waals surface area contributed by atoms with Crippen LogP contribution in [0.5, 0.6) is 5.75 Å². The molecule has 0 aliphatic carbocycles. The number of ether oxygens (including phenoxy) is 1. The van der Waals surface area contributed by atoms with Crippen molar-refractivity contribution in [1.29, 1.82) is 0 Å². The lowest BCUT2D eigenvalue weighted by atomic mass is 9.96. The SMILES string of the molecule is CCOc1ccc(S(=O)(=O)N(CC(=O)NCC(C)Cc2cccc3ccccc23)c2ccc(F)cc2)cc1. The van der Waals surface area contributed by atoms with Gasteiger partial charge in [0, 0.05) is 6.54 Å². The Morgan fingerprint density at radius 2 is 1.63 bits per heavy atom. The van der Waals surface area contributed by atoms with Gasteiger partial charge in [-0.3, -0.25) is 9.10 Å². The van der Waals surface area contributed by atoms with Gasteiger partial charge in [0.2, 0.25) is 5.91 Å². The summed E-state index contributed by atoms with van der Waals surface area (Å²) < 4.78 is 47.0. The minimum absolute atomic E-state index is 0.00222. The van der Waals surface area contributed by atoms with Crippen LogP contribution in [0.25, 0.3) is 10.8 Å². The zero-order chi connectivity index (χ0) is 27.1. The van der Waals surface area contributed by atoms with Crippen LogP contribution in [0.15, 0.2) is 95.9 Å². The lowest BCUT2D eigenvalue weighted by Gasteiger charge is -2.24. The Hall–Kier alpha value is -3.91. The number of rotatable bonds is 11. The van der Waals surface area contributed by atoms with Gasteiger partial charge in [-0.05, 0) is 84.1 Å². The summed E-state index contributed by atoms with van der Waals surface area (Å²) in [6.07, 6.45) is 0.758. The fourth-order valence-corrected chi connectivity index (χ4v) is 5.74. The molecule has 8 heteroatoms. The zero-order valence-corrected chi connectivity index (χ0v) is 22.2. The normalized spacial score (nSPS) is 12.2. The zero-order valence-electron chi connectivity index (χ0n) is 21.4. The number of anilines is 1. The highest BCUT2D eigenvalue weighted by Crippen LogP contribution is 2.26. The van der Waals surface area contributed by atoms with E-state index in [1.165, 1.54) is 47.3 Å². The molecule has 1 N–H and O–H groups in total. The summed E-state index contributed by atoms with van der Waals surface area (Å²) in [5, 5.41) is 5.21. The maximum absolute atomic E-state index is 13.6. The van der Waals surface area contributed by atoms with Crippen molar-refractivity contribution in [3.05, 3.63) is 102 Å². The van der Waals surface area contributed by atoms with Gasteiger partial charge in [-0.25, -0.2) is 12.8 Å². The second-order valence-corrected chi connectivity index (χ2v) is 11.0. The number of nitrogens with zero attached hydrogens (tertiary/aromatic N) is 1. The van der Waals surface area contributed by atoms with E-state index in [2.05, 4.69) is 29.6 Å². The van der Waals surface area contributed by atoms with Crippen molar-refractivity contribution < 1.29 is 22.3 Å². The topological polar surface area (TPSA) is 75.7 Å². The smallest absolute Gasteiger partial charge is 0.264 e. The van der Waals surface area contributed by atoms with Crippen LogP contribution in [-0.4, -0.2) is 34.0 Å². The Labute approximate surface area is 223 Å². The molecule has 4 rings (SSSR count). The molecule has 1 amide bonds. The Balaban J connectivity index is 1.48. The maximum Gasteiger partial charge on any atom is 0.264 e. The number of hydrogen-bond donors (Lipinski definition) is 1. The van der Waals surface area contributed by atoms with E-state index in [9.17, 15) is 17.6 Å². The van der Waals surface area contributed by atoms with Crippen LogP contribution in [-0.2, 0) is 21.2 Å². The van der Waals surface area contributed by atoms with Crippen LogP contribution in [0, 0.1) is 11.7 Å². The maximum atomic E-state index is 13.6. The highest BCUT2D eigenvalue weighted by Gasteiger charge is 2.27. The van der Waals surface area contributed by atoms with Gasteiger partial charge in [0.25, 0.3) is 10.0 Å². The number of hydrogen-bond acceptors (Lipinski definition) is 4. The molecule has 6 nitrogen and oxygen atoms in total. The first kappa shape index (κ1) is 27.1. The van der Waals surface area contributed by atoms with Crippen molar-refractivity contribution >= 4 is 32.4 Å². The summed E-state index contributed by atoms with van der Waals surface area (Å²) in [4.78, 5) is 13.0. The summed E-state index contributed by atoms with van der Waals surface area (Å²) in [7, 11) is -4.11. The van der Waals surface area contributed by atoms with Gasteiger partial charge < -0.3 is 10.1 Å². The Morgan fingerprint density at radius 1 is 0.947 bits per heavy atom. The third-order valence-corrected chi connectivity index (χ3v) is 8.01. The molecule has 4 aromatic rings. The number of sulfonamides is 1. The number of amides is 1. The first-order valence-corrected chi connectivity index (χ1v) is 14.0. The van der Waals surface area contributed by atoms with Gasteiger partial charge in [0.1, 0.15) is 18.1 Å². The minimum Gasteiger partial charge on any atom is -0.494 e. The van der Waals surface area contributed by atoms with Crippen LogP contribution in [0.3, 0.4) is 0 Å². The molecule has 0 aliphatic rings. The van der Waals surface area contributed by atoms with Crippen molar-refractivity contribution in [2.45, 2.75) is 25.2 Å². The van der Waals surface area contributed by atoms with E-state index < -0.39 is 28.3 Å². The van der Waals surface area contributed by atoms with Gasteiger partial charge in [-0.2, -0.15) is 0 Å². The minimum atomic E-state index is -4.11. The van der Waals surface area contributed by atoms with E-state index in [0.717, 1.165) is 16.1 Å². The summed E-state index contributed by atoms with van der Waals surface area (Å²) >= 11 is 0. The first-order chi connectivity index (χ1) is 18.3. The van der Waals surface area contributed by atoms with Gasteiger partial charge in [-0.1, -0.05) is 49.4 Å². The summed E-state index contributed by atoms with van der Waals surface area (Å²) in [6, 6.07) is 25.4. The van der Waals surface area contributed by atoms with Crippen molar-refractivity contribution in [3.8, 4) is 5.75 Å². The number of carbonyl (C=O) groups excluding carboxylic acids is 1. The molecule has 4 aromatic carbocycles. The second kappa shape index (κ2) is 12.1. The molecule has 0 bridgehead atoms. The standard InChI is InChI=1S/C30H31FN2O4S/c1-3-37-27-15-17-28(18-16-27)38(35,36)33(26-13-11-25(31)12-14-26)21-30(34)32-20-22(2)19-24-9-6-8-23-7-4-5-10-29(23)24/h4-18,22H,3,19-21H2,1-2H3,(H,32,34). The molecular weight excluding hydrogens is 503 g/mol. The fourth-order valence-electron chi connectivity index (χ4n) is 4.32. The third kappa shape index (κ3) is 6.50. The Morgan fingerprint density at radius 3 is 2.34 bits per heavy atom. The molecule has 38 heavy (non-hydrogen) atoms. The fraction of sp³-hybridized carbons (Fsp3) is 0.233. The highest BCUT2D eigenvalue weighted by atomic mass is 32.2. The number of carbonyl (C=O) groups is 1. The van der Waals surface area contributed by atoms with Crippen molar-refractivity contribution in [2.24, 2.45) is 5.92 Å². The molecular formula is C30H31FN2O4S. The summed E-state index contributed by atoms with van der Waals surface area (Å²) in [5.41, 5.74) is 1.38. The monoisotopic (exact) mass is 534 g/mol. The van der Waals surface area contributed by atoms with Crippen molar-refractivity contribution in [2.75, 3.05) is 24.0 Å². The molecule has 1 atom stereocenters. The Bertz CT molecular complexity index is 1480. The summed E-state index contributed by atoms with van der Waals surface area (Å²) in [5.74, 6) is -0.295. The largest absolute Gasteiger partial charge is 0.494 e. The van der Waals surface area contributed by atoms with E-state index in [0.29, 0.717) is 18.9 Å². The first-order valence-electron chi connectivity index (χ1n) is 12.5. The van der Waals surface area contributed by atoms with E-state index >= 15 is 0 Å². The van der Waals surface area contributed by atoms with Crippen molar-refractivity contribution in [1.82, 2.24) is 5.32 Å². The van der Waals surface area contributed by atoms with Crippen molar-refractivity contribution in [3.63, 3.8) is 0 Å². The average Bonchev–Trinajstić information content (AvgIpc) is 2.92. The number of benzene rings is 4. The number of fused-ring (bicyclic) bond motifs is 1. The summed E-state index contributed by atoms with van der Waals surface area (Å²) in [6.45, 7) is 4.26. The molecule has 0 spiro atoms. The molecule has 0 aromatic heterocycles. The molecule has 0 radical (unpaired) electrons. The molecule has 1 unspecified atom stereocenters. The Kier molecular flexibility index (Phi) is 8.63. The van der Waals surface area contributed by atoms with Gasteiger partial charge in [0.15, 0.2) is 0 Å². The molecule has 0 aliphatic heterocycles. The van der Waals surface area contributed by atoms with E-state index in [1.54, 1.807) is 12.1 Å². The van der Waals surface area contributed by atoms with Gasteiger partial charge in [-0.15, -0.1) is 0 Å². The van der Waals surface area contributed by atoms with Crippen LogP contribution in [0.1, 0.15) is 19.4 Å². The molecule has 0 heterocycles. The van der Waals surface area contributed by atoms with Gasteiger partial charge in [0.05, 0.1) is 17.2 Å². The molecule has 198 valence electrons. The van der Waals surface area contributed by atoms with Crippen LogP contribution in [0.2, 0.25) is 0 Å². The van der Waals surface area contributed by atoms with E-state index in [-0.39, 0.29) is 16.5 Å². The van der Waals surface area contributed by atoms with Gasteiger partial charge >= 0.3 is 0 Å². The quantitative estimate of drug-likeness (QED) is 0.273. The van der Waals surface area contributed by atoms with E-state index in [1.807, 2.05) is 32.0 Å². The van der Waals surface area contributed by atoms with Crippen LogP contribution >= 0.6 is 0 Å². The molecule has 0 fully saturated rings. The molecule has 0 saturated carbocycles. The second-order valence-electron chi connectivity index (χ2n) is 9.14. The molecule has 0 saturated heterocycles. The number of nitrogens with one attached hydrogen (secondary N) is 1.